The normalized spacial score (nSPS) is 32.8. The smallest absolute Gasteiger partial charge is 0.0596 e. The summed E-state index contributed by atoms with van der Waals surface area (Å²) < 4.78 is 11.0. The van der Waals surface area contributed by atoms with Gasteiger partial charge in [0.2, 0.25) is 0 Å². The van der Waals surface area contributed by atoms with Crippen molar-refractivity contribution in [2.24, 2.45) is 11.8 Å². The second-order valence-corrected chi connectivity index (χ2v) is 4.74. The monoisotopic (exact) mass is 199 g/mol. The highest BCUT2D eigenvalue weighted by atomic mass is 16.5. The van der Waals surface area contributed by atoms with E-state index in [0.717, 1.165) is 38.2 Å². The van der Waals surface area contributed by atoms with Crippen LogP contribution in [-0.4, -0.2) is 50.5 Å². The Morgan fingerprint density at radius 2 is 1.93 bits per heavy atom. The van der Waals surface area contributed by atoms with Gasteiger partial charge in [-0.05, 0) is 13.8 Å². The van der Waals surface area contributed by atoms with Crippen LogP contribution in [-0.2, 0) is 9.47 Å². The van der Waals surface area contributed by atoms with Crippen LogP contribution in [0, 0.1) is 11.8 Å². The van der Waals surface area contributed by atoms with E-state index in [2.05, 4.69) is 18.7 Å². The minimum Gasteiger partial charge on any atom is -0.381 e. The van der Waals surface area contributed by atoms with Crippen LogP contribution in [0.2, 0.25) is 0 Å². The van der Waals surface area contributed by atoms with Gasteiger partial charge in [-0.3, -0.25) is 0 Å². The number of rotatable bonds is 4. The van der Waals surface area contributed by atoms with Gasteiger partial charge >= 0.3 is 0 Å². The fourth-order valence-electron chi connectivity index (χ4n) is 2.38. The van der Waals surface area contributed by atoms with Gasteiger partial charge < -0.3 is 14.4 Å². The van der Waals surface area contributed by atoms with Crippen LogP contribution in [0.4, 0.5) is 0 Å². The van der Waals surface area contributed by atoms with E-state index < -0.39 is 0 Å². The van der Waals surface area contributed by atoms with E-state index in [1.54, 1.807) is 0 Å². The Morgan fingerprint density at radius 1 is 1.29 bits per heavy atom. The molecule has 0 aromatic heterocycles. The van der Waals surface area contributed by atoms with Crippen molar-refractivity contribution in [1.29, 1.82) is 0 Å². The summed E-state index contributed by atoms with van der Waals surface area (Å²) in [4.78, 5) is 2.51. The van der Waals surface area contributed by atoms with E-state index in [-0.39, 0.29) is 0 Å². The molecule has 3 heteroatoms. The topological polar surface area (TPSA) is 21.7 Å². The first kappa shape index (κ1) is 10.4. The average Bonchev–Trinajstić information content (AvgIpc) is 2.62. The van der Waals surface area contributed by atoms with E-state index in [0.29, 0.717) is 6.10 Å². The summed E-state index contributed by atoms with van der Waals surface area (Å²) in [6, 6.07) is 0. The zero-order chi connectivity index (χ0) is 9.97. The van der Waals surface area contributed by atoms with Crippen molar-refractivity contribution in [2.45, 2.75) is 20.0 Å². The molecule has 0 aromatic carbocycles. The average molecular weight is 199 g/mol. The van der Waals surface area contributed by atoms with Gasteiger partial charge in [-0.1, -0.05) is 0 Å². The first-order valence-electron chi connectivity index (χ1n) is 5.67. The molecule has 14 heavy (non-hydrogen) atoms. The van der Waals surface area contributed by atoms with E-state index in [1.807, 2.05) is 0 Å². The maximum Gasteiger partial charge on any atom is 0.0596 e. The Morgan fingerprint density at radius 3 is 2.50 bits per heavy atom. The van der Waals surface area contributed by atoms with E-state index in [1.165, 1.54) is 13.1 Å². The summed E-state index contributed by atoms with van der Waals surface area (Å²) >= 11 is 0. The van der Waals surface area contributed by atoms with E-state index in [4.69, 9.17) is 9.47 Å². The highest BCUT2D eigenvalue weighted by Crippen LogP contribution is 2.28. The Bertz CT molecular complexity index is 172. The standard InChI is InChI=1S/C11H21NO2/c1-9(2)14-4-3-12-5-10-7-13-8-11(10)6-12/h9-11H,3-8H2,1-2H3. The molecule has 0 radical (unpaired) electrons. The maximum atomic E-state index is 5.55. The molecule has 0 spiro atoms. The summed E-state index contributed by atoms with van der Waals surface area (Å²) in [7, 11) is 0. The van der Waals surface area contributed by atoms with Gasteiger partial charge in [-0.25, -0.2) is 0 Å². The quantitative estimate of drug-likeness (QED) is 0.674. The summed E-state index contributed by atoms with van der Waals surface area (Å²) in [6.45, 7) is 10.5. The van der Waals surface area contributed by atoms with Crippen molar-refractivity contribution < 1.29 is 9.47 Å². The van der Waals surface area contributed by atoms with Crippen molar-refractivity contribution in [3.05, 3.63) is 0 Å². The van der Waals surface area contributed by atoms with Crippen molar-refractivity contribution in [1.82, 2.24) is 4.90 Å². The molecule has 2 heterocycles. The van der Waals surface area contributed by atoms with E-state index in [9.17, 15) is 0 Å². The van der Waals surface area contributed by atoms with Gasteiger partial charge in [-0.2, -0.15) is 0 Å². The van der Waals surface area contributed by atoms with Gasteiger partial charge in [-0.15, -0.1) is 0 Å². The van der Waals surface area contributed by atoms with Crippen LogP contribution in [0.15, 0.2) is 0 Å². The van der Waals surface area contributed by atoms with Crippen LogP contribution in [0.5, 0.6) is 0 Å². The zero-order valence-corrected chi connectivity index (χ0v) is 9.24. The highest BCUT2D eigenvalue weighted by molar-refractivity contribution is 4.87. The number of fused-ring (bicyclic) bond motifs is 1. The predicted molar refractivity (Wildman–Crippen MR) is 55.3 cm³/mol. The number of ether oxygens (including phenoxy) is 2. The molecule has 2 aliphatic heterocycles. The Kier molecular flexibility index (Phi) is 3.42. The van der Waals surface area contributed by atoms with Crippen molar-refractivity contribution in [2.75, 3.05) is 39.5 Å². The van der Waals surface area contributed by atoms with Crippen molar-refractivity contribution in [3.8, 4) is 0 Å². The van der Waals surface area contributed by atoms with Gasteiger partial charge in [0, 0.05) is 31.5 Å². The maximum absolute atomic E-state index is 5.55. The van der Waals surface area contributed by atoms with Crippen LogP contribution < -0.4 is 0 Å². The lowest BCUT2D eigenvalue weighted by Gasteiger charge is -2.17. The Hall–Kier alpha value is -0.120. The molecule has 2 atom stereocenters. The summed E-state index contributed by atoms with van der Waals surface area (Å²) in [6.07, 6.45) is 0.362. The molecule has 0 aromatic rings. The van der Waals surface area contributed by atoms with Gasteiger partial charge in [0.1, 0.15) is 0 Å². The Balaban J connectivity index is 1.64. The van der Waals surface area contributed by atoms with Crippen LogP contribution in [0.25, 0.3) is 0 Å². The largest absolute Gasteiger partial charge is 0.381 e. The van der Waals surface area contributed by atoms with Crippen molar-refractivity contribution >= 4 is 0 Å². The SMILES string of the molecule is CC(C)OCCN1CC2COCC2C1. The molecular formula is C11H21NO2. The molecule has 82 valence electrons. The number of nitrogens with zero attached hydrogens (tertiary/aromatic N) is 1. The highest BCUT2D eigenvalue weighted by Gasteiger charge is 2.36. The summed E-state index contributed by atoms with van der Waals surface area (Å²) in [5.41, 5.74) is 0. The molecule has 2 rings (SSSR count). The molecule has 3 nitrogen and oxygen atoms in total. The van der Waals surface area contributed by atoms with Crippen molar-refractivity contribution in [3.63, 3.8) is 0 Å². The second-order valence-electron chi connectivity index (χ2n) is 4.74. The third-order valence-corrected chi connectivity index (χ3v) is 3.17. The van der Waals surface area contributed by atoms with Crippen LogP contribution in [0.3, 0.4) is 0 Å². The lowest BCUT2D eigenvalue weighted by atomic mass is 10.0. The third kappa shape index (κ3) is 2.47. The van der Waals surface area contributed by atoms with E-state index >= 15 is 0 Å². The molecule has 2 saturated heterocycles. The first-order valence-corrected chi connectivity index (χ1v) is 5.67. The minimum atomic E-state index is 0.362. The molecular weight excluding hydrogens is 178 g/mol. The molecule has 0 aliphatic carbocycles. The number of hydrogen-bond donors (Lipinski definition) is 0. The lowest BCUT2D eigenvalue weighted by molar-refractivity contribution is 0.0589. The fraction of sp³-hybridized carbons (Fsp3) is 1.00. The molecule has 0 amide bonds. The van der Waals surface area contributed by atoms with Gasteiger partial charge in [0.15, 0.2) is 0 Å². The Labute approximate surface area is 86.4 Å². The summed E-state index contributed by atoms with van der Waals surface area (Å²) in [5.74, 6) is 1.60. The number of hydrogen-bond acceptors (Lipinski definition) is 3. The third-order valence-electron chi connectivity index (χ3n) is 3.17. The lowest BCUT2D eigenvalue weighted by Crippen LogP contribution is -2.27. The predicted octanol–water partition coefficient (Wildman–Crippen LogP) is 0.990. The zero-order valence-electron chi connectivity index (χ0n) is 9.24. The first-order chi connectivity index (χ1) is 6.75. The minimum absolute atomic E-state index is 0.362. The van der Waals surface area contributed by atoms with Crippen LogP contribution in [0.1, 0.15) is 13.8 Å². The molecule has 0 N–H and O–H groups in total. The number of likely N-dealkylation sites (tertiary alicyclic amines) is 1. The summed E-state index contributed by atoms with van der Waals surface area (Å²) in [5, 5.41) is 0. The fourth-order valence-corrected chi connectivity index (χ4v) is 2.38. The molecule has 0 bridgehead atoms. The molecule has 2 unspecified atom stereocenters. The molecule has 2 aliphatic rings. The second kappa shape index (κ2) is 4.60. The molecule has 2 fully saturated rings. The van der Waals surface area contributed by atoms with Gasteiger partial charge in [0.05, 0.1) is 25.9 Å². The van der Waals surface area contributed by atoms with Gasteiger partial charge in [0.25, 0.3) is 0 Å². The van der Waals surface area contributed by atoms with Crippen LogP contribution >= 0.6 is 0 Å². The molecule has 0 saturated carbocycles.